The summed E-state index contributed by atoms with van der Waals surface area (Å²) in [6, 6.07) is 0. The first-order valence-corrected chi connectivity index (χ1v) is 9.57. The minimum atomic E-state index is -0.182. The molecule has 3 N–H and O–H groups in total. The SMILES string of the molecule is C/C1=C\CC[C@@]2(C)O[C@H]2[C@H]2OC(=O)[C@@H](C[NH+](CCO)CCO)[C@@H]2CC1. The minimum absolute atomic E-state index is 0.0115. The van der Waals surface area contributed by atoms with Crippen LogP contribution < -0.4 is 4.90 Å². The predicted molar refractivity (Wildman–Crippen MR) is 92.1 cm³/mol. The molecule has 0 unspecified atom stereocenters. The van der Waals surface area contributed by atoms with Crippen molar-refractivity contribution in [3.63, 3.8) is 0 Å². The monoisotopic (exact) mass is 354 g/mol. The van der Waals surface area contributed by atoms with Crippen molar-refractivity contribution in [2.24, 2.45) is 11.8 Å². The Bertz CT molecular complexity index is 516. The Hall–Kier alpha value is -0.950. The van der Waals surface area contributed by atoms with Gasteiger partial charge in [-0.05, 0) is 39.5 Å². The lowest BCUT2D eigenvalue weighted by Crippen LogP contribution is -3.13. The number of epoxide rings is 1. The van der Waals surface area contributed by atoms with E-state index in [-0.39, 0.29) is 48.8 Å². The van der Waals surface area contributed by atoms with Crippen LogP contribution in [0.3, 0.4) is 0 Å². The summed E-state index contributed by atoms with van der Waals surface area (Å²) in [5.41, 5.74) is 1.20. The molecule has 6 heteroatoms. The van der Waals surface area contributed by atoms with Crippen molar-refractivity contribution in [3.05, 3.63) is 11.6 Å². The molecule has 2 aliphatic heterocycles. The number of ether oxygens (including phenoxy) is 2. The first kappa shape index (κ1) is 18.8. The number of hydrogen-bond donors (Lipinski definition) is 3. The lowest BCUT2D eigenvalue weighted by atomic mass is 9.80. The van der Waals surface area contributed by atoms with Crippen LogP contribution >= 0.6 is 0 Å². The van der Waals surface area contributed by atoms with Gasteiger partial charge in [0.15, 0.2) is 0 Å². The molecular formula is C19H32NO5+. The van der Waals surface area contributed by atoms with E-state index in [2.05, 4.69) is 19.9 Å². The van der Waals surface area contributed by atoms with Crippen LogP contribution in [-0.2, 0) is 14.3 Å². The Kier molecular flexibility index (Phi) is 5.83. The minimum Gasteiger partial charge on any atom is -0.459 e. The van der Waals surface area contributed by atoms with E-state index in [0.29, 0.717) is 19.6 Å². The lowest BCUT2D eigenvalue weighted by molar-refractivity contribution is -0.903. The Morgan fingerprint density at radius 2 is 2.04 bits per heavy atom. The number of carbonyl (C=O) groups excluding carboxylic acids is 1. The lowest BCUT2D eigenvalue weighted by Gasteiger charge is -2.25. The van der Waals surface area contributed by atoms with Crippen molar-refractivity contribution in [2.45, 2.75) is 57.3 Å². The highest BCUT2D eigenvalue weighted by molar-refractivity contribution is 5.75. The van der Waals surface area contributed by atoms with Crippen LogP contribution in [0.4, 0.5) is 0 Å². The number of aliphatic hydroxyl groups is 2. The number of hydrogen-bond acceptors (Lipinski definition) is 5. The van der Waals surface area contributed by atoms with E-state index in [0.717, 1.165) is 30.6 Å². The number of nitrogens with one attached hydrogen (secondary N) is 1. The molecular weight excluding hydrogens is 322 g/mol. The van der Waals surface area contributed by atoms with Crippen LogP contribution in [0.1, 0.15) is 39.5 Å². The number of allylic oxidation sites excluding steroid dienone is 2. The molecule has 2 fully saturated rings. The van der Waals surface area contributed by atoms with Gasteiger partial charge in [-0.1, -0.05) is 11.6 Å². The van der Waals surface area contributed by atoms with E-state index in [1.807, 2.05) is 0 Å². The molecule has 0 amide bonds. The third kappa shape index (κ3) is 4.08. The molecule has 3 aliphatic rings. The first-order chi connectivity index (χ1) is 12.0. The summed E-state index contributed by atoms with van der Waals surface area (Å²) in [5.74, 6) is -0.172. The van der Waals surface area contributed by atoms with E-state index in [9.17, 15) is 15.0 Å². The van der Waals surface area contributed by atoms with E-state index in [1.54, 1.807) is 0 Å². The van der Waals surface area contributed by atoms with Gasteiger partial charge in [0.1, 0.15) is 31.2 Å². The fraction of sp³-hybridized carbons (Fsp3) is 0.842. The van der Waals surface area contributed by atoms with Gasteiger partial charge >= 0.3 is 5.97 Å². The summed E-state index contributed by atoms with van der Waals surface area (Å²) < 4.78 is 11.8. The van der Waals surface area contributed by atoms with Crippen molar-refractivity contribution in [1.82, 2.24) is 0 Å². The van der Waals surface area contributed by atoms with Crippen LogP contribution in [0, 0.1) is 11.8 Å². The molecule has 0 spiro atoms. The first-order valence-electron chi connectivity index (χ1n) is 9.57. The number of fused-ring (bicyclic) bond motifs is 3. The highest BCUT2D eigenvalue weighted by Crippen LogP contribution is 2.50. The smallest absolute Gasteiger partial charge is 0.315 e. The van der Waals surface area contributed by atoms with Gasteiger partial charge in [0.25, 0.3) is 0 Å². The molecule has 0 aromatic carbocycles. The second-order valence-electron chi connectivity index (χ2n) is 8.05. The fourth-order valence-electron chi connectivity index (χ4n) is 4.53. The van der Waals surface area contributed by atoms with Crippen LogP contribution in [0.15, 0.2) is 11.6 Å². The molecule has 5 atom stereocenters. The van der Waals surface area contributed by atoms with Crippen LogP contribution in [0.5, 0.6) is 0 Å². The van der Waals surface area contributed by atoms with Gasteiger partial charge in [-0.3, -0.25) is 4.79 Å². The average molecular weight is 354 g/mol. The van der Waals surface area contributed by atoms with Crippen LogP contribution in [0.25, 0.3) is 0 Å². The predicted octanol–water partition coefficient (Wildman–Crippen LogP) is -0.308. The third-order valence-electron chi connectivity index (χ3n) is 6.18. The highest BCUT2D eigenvalue weighted by atomic mass is 16.6. The zero-order chi connectivity index (χ0) is 18.0. The molecule has 25 heavy (non-hydrogen) atoms. The van der Waals surface area contributed by atoms with Gasteiger partial charge in [0.05, 0.1) is 25.4 Å². The Balaban J connectivity index is 1.77. The average Bonchev–Trinajstić information content (AvgIpc) is 3.13. The van der Waals surface area contributed by atoms with Crippen molar-refractivity contribution in [3.8, 4) is 0 Å². The number of carbonyl (C=O) groups is 1. The molecule has 0 aromatic heterocycles. The normalized spacial score (nSPS) is 40.0. The number of aliphatic hydroxyl groups excluding tert-OH is 2. The topological polar surface area (TPSA) is 83.7 Å². The molecule has 2 heterocycles. The molecule has 0 aromatic rings. The standard InChI is InChI=1S/C19H31NO5/c1-13-4-3-7-19(2)17(25-19)16-14(6-5-13)15(18(23)24-16)12-20(8-10-21)9-11-22/h4,14-17,21-22H,3,5-12H2,1-2H3/p+1/b13-4+/t14-,15-,16-,17-,19+/m0/s1. The molecule has 0 radical (unpaired) electrons. The highest BCUT2D eigenvalue weighted by Gasteiger charge is 2.63. The Labute approximate surface area is 149 Å². The maximum atomic E-state index is 12.6. The molecule has 3 rings (SSSR count). The summed E-state index contributed by atoms with van der Waals surface area (Å²) in [6.45, 7) is 6.07. The quantitative estimate of drug-likeness (QED) is 0.346. The maximum absolute atomic E-state index is 12.6. The molecule has 1 aliphatic carbocycles. The van der Waals surface area contributed by atoms with Gasteiger partial charge in [0.2, 0.25) is 0 Å². The Morgan fingerprint density at radius 1 is 1.32 bits per heavy atom. The largest absolute Gasteiger partial charge is 0.459 e. The number of rotatable bonds is 6. The van der Waals surface area contributed by atoms with Crippen LogP contribution in [0.2, 0.25) is 0 Å². The zero-order valence-corrected chi connectivity index (χ0v) is 15.4. The van der Waals surface area contributed by atoms with Crippen molar-refractivity contribution in [2.75, 3.05) is 32.8 Å². The van der Waals surface area contributed by atoms with E-state index >= 15 is 0 Å². The van der Waals surface area contributed by atoms with Gasteiger partial charge < -0.3 is 24.6 Å². The van der Waals surface area contributed by atoms with E-state index in [4.69, 9.17) is 9.47 Å². The van der Waals surface area contributed by atoms with Crippen molar-refractivity contribution >= 4 is 5.97 Å². The molecule has 6 nitrogen and oxygen atoms in total. The second-order valence-corrected chi connectivity index (χ2v) is 8.05. The fourth-order valence-corrected chi connectivity index (χ4v) is 4.53. The van der Waals surface area contributed by atoms with E-state index < -0.39 is 0 Å². The van der Waals surface area contributed by atoms with Crippen molar-refractivity contribution in [1.29, 1.82) is 0 Å². The van der Waals surface area contributed by atoms with E-state index in [1.165, 1.54) is 5.57 Å². The summed E-state index contributed by atoms with van der Waals surface area (Å²) in [4.78, 5) is 13.7. The maximum Gasteiger partial charge on any atom is 0.315 e. The molecule has 0 saturated carbocycles. The number of esters is 1. The van der Waals surface area contributed by atoms with Gasteiger partial charge in [-0.15, -0.1) is 0 Å². The van der Waals surface area contributed by atoms with Crippen LogP contribution in [-0.4, -0.2) is 66.8 Å². The zero-order valence-electron chi connectivity index (χ0n) is 15.4. The van der Waals surface area contributed by atoms with Gasteiger partial charge in [-0.25, -0.2) is 0 Å². The Morgan fingerprint density at radius 3 is 2.72 bits per heavy atom. The number of quaternary nitrogens is 1. The summed E-state index contributed by atoms with van der Waals surface area (Å²) in [5, 5.41) is 18.5. The summed E-state index contributed by atoms with van der Waals surface area (Å²) >= 11 is 0. The summed E-state index contributed by atoms with van der Waals surface area (Å²) in [7, 11) is 0. The third-order valence-corrected chi connectivity index (χ3v) is 6.18. The summed E-state index contributed by atoms with van der Waals surface area (Å²) in [6.07, 6.45) is 6.03. The molecule has 142 valence electrons. The molecule has 2 saturated heterocycles. The molecule has 0 bridgehead atoms. The van der Waals surface area contributed by atoms with Gasteiger partial charge in [-0.2, -0.15) is 0 Å². The second kappa shape index (κ2) is 7.74. The van der Waals surface area contributed by atoms with Gasteiger partial charge in [0, 0.05) is 5.92 Å². The van der Waals surface area contributed by atoms with Crippen molar-refractivity contribution < 1.29 is 29.4 Å².